The predicted octanol–water partition coefficient (Wildman–Crippen LogP) is 2.39. The van der Waals surface area contributed by atoms with Gasteiger partial charge in [0.05, 0.1) is 36.4 Å². The van der Waals surface area contributed by atoms with Gasteiger partial charge in [-0.2, -0.15) is 0 Å². The summed E-state index contributed by atoms with van der Waals surface area (Å²) >= 11 is 1.19. The summed E-state index contributed by atoms with van der Waals surface area (Å²) in [6, 6.07) is 13.7. The number of carbonyl (C=O) groups is 2. The summed E-state index contributed by atoms with van der Waals surface area (Å²) in [5.74, 6) is -0.205. The van der Waals surface area contributed by atoms with Crippen LogP contribution in [0.3, 0.4) is 0 Å². The number of aromatic nitrogens is 2. The Morgan fingerprint density at radius 2 is 1.78 bits per heavy atom. The largest absolute Gasteiger partial charge is 0.383 e. The van der Waals surface area contributed by atoms with Gasteiger partial charge in [-0.25, -0.2) is 4.98 Å². The third kappa shape index (κ3) is 5.82. The first-order chi connectivity index (χ1) is 15.5. The van der Waals surface area contributed by atoms with Gasteiger partial charge in [0.15, 0.2) is 10.9 Å². The molecule has 1 aromatic heterocycles. The molecule has 0 unspecified atom stereocenters. The lowest BCUT2D eigenvalue weighted by molar-refractivity contribution is 0.0936. The number of fused-ring (bicyclic) bond motifs is 1. The number of benzene rings is 2. The summed E-state index contributed by atoms with van der Waals surface area (Å²) in [5.41, 5.74) is 1.15. The van der Waals surface area contributed by atoms with Gasteiger partial charge in [0.2, 0.25) is 0 Å². The zero-order chi connectivity index (χ0) is 22.9. The molecule has 32 heavy (non-hydrogen) atoms. The maximum atomic E-state index is 13.1. The van der Waals surface area contributed by atoms with E-state index >= 15 is 0 Å². The van der Waals surface area contributed by atoms with Crippen molar-refractivity contribution in [2.75, 3.05) is 39.7 Å². The molecule has 9 heteroatoms. The Kier molecular flexibility index (Phi) is 8.55. The second-order valence-electron chi connectivity index (χ2n) is 6.90. The number of ketones is 1. The van der Waals surface area contributed by atoms with Gasteiger partial charge in [0.25, 0.3) is 11.5 Å². The van der Waals surface area contributed by atoms with E-state index in [4.69, 9.17) is 9.47 Å². The monoisotopic (exact) mass is 455 g/mol. The Balaban J connectivity index is 1.91. The van der Waals surface area contributed by atoms with Crippen molar-refractivity contribution in [3.05, 3.63) is 70.0 Å². The molecule has 3 rings (SSSR count). The summed E-state index contributed by atoms with van der Waals surface area (Å²) in [4.78, 5) is 42.6. The van der Waals surface area contributed by atoms with E-state index in [1.165, 1.54) is 16.3 Å². The van der Waals surface area contributed by atoms with Crippen molar-refractivity contribution in [1.29, 1.82) is 0 Å². The van der Waals surface area contributed by atoms with Crippen molar-refractivity contribution in [3.63, 3.8) is 0 Å². The molecule has 1 N–H and O–H groups in total. The fraction of sp³-hybridized carbons (Fsp3) is 0.304. The quantitative estimate of drug-likeness (QED) is 0.205. The number of hydrogen-bond donors (Lipinski definition) is 1. The molecule has 2 aromatic carbocycles. The van der Waals surface area contributed by atoms with E-state index in [2.05, 4.69) is 10.3 Å². The van der Waals surface area contributed by atoms with Crippen LogP contribution in [0.2, 0.25) is 0 Å². The molecule has 0 radical (unpaired) electrons. The van der Waals surface area contributed by atoms with Crippen LogP contribution < -0.4 is 10.9 Å². The van der Waals surface area contributed by atoms with Crippen molar-refractivity contribution in [2.24, 2.45) is 0 Å². The fourth-order valence-electron chi connectivity index (χ4n) is 3.04. The standard InChI is InChI=1S/C23H25N3O5S/c1-30-12-10-24-21(28)17-8-9-18-19(14-17)25-23(26(22(18)29)11-13-31-2)32-15-20(27)16-6-4-3-5-7-16/h3-9,14H,10-13,15H2,1-2H3,(H,24,28). The first-order valence-corrected chi connectivity index (χ1v) is 11.1. The number of thioether (sulfide) groups is 1. The first-order valence-electron chi connectivity index (χ1n) is 10.1. The van der Waals surface area contributed by atoms with Crippen molar-refractivity contribution in [2.45, 2.75) is 11.7 Å². The SMILES string of the molecule is COCCNC(=O)c1ccc2c(=O)n(CCOC)c(SCC(=O)c3ccccc3)nc2c1. The second-order valence-corrected chi connectivity index (χ2v) is 7.84. The fourth-order valence-corrected chi connectivity index (χ4v) is 3.96. The topological polar surface area (TPSA) is 99.5 Å². The van der Waals surface area contributed by atoms with E-state index in [1.54, 1.807) is 56.7 Å². The van der Waals surface area contributed by atoms with E-state index < -0.39 is 0 Å². The molecule has 0 saturated heterocycles. The lowest BCUT2D eigenvalue weighted by atomic mass is 10.1. The Labute approximate surface area is 189 Å². The Morgan fingerprint density at radius 3 is 2.50 bits per heavy atom. The van der Waals surface area contributed by atoms with Crippen LogP contribution in [0.15, 0.2) is 58.5 Å². The molecule has 3 aromatic rings. The molecule has 0 spiro atoms. The molecule has 0 fully saturated rings. The van der Waals surface area contributed by atoms with Gasteiger partial charge in [-0.3, -0.25) is 19.0 Å². The van der Waals surface area contributed by atoms with Gasteiger partial charge in [-0.05, 0) is 18.2 Å². The Hall–Kier alpha value is -3.01. The number of nitrogens with zero attached hydrogens (tertiary/aromatic N) is 2. The molecule has 0 atom stereocenters. The number of ether oxygens (including phenoxy) is 2. The second kappa shape index (κ2) is 11.6. The van der Waals surface area contributed by atoms with Crippen molar-refractivity contribution >= 4 is 34.4 Å². The normalized spacial score (nSPS) is 10.9. The van der Waals surface area contributed by atoms with Crippen LogP contribution in [0, 0.1) is 0 Å². The predicted molar refractivity (Wildman–Crippen MR) is 124 cm³/mol. The smallest absolute Gasteiger partial charge is 0.262 e. The maximum Gasteiger partial charge on any atom is 0.262 e. The van der Waals surface area contributed by atoms with E-state index in [0.29, 0.717) is 53.5 Å². The van der Waals surface area contributed by atoms with Crippen LogP contribution >= 0.6 is 11.8 Å². The molecule has 0 aliphatic rings. The Morgan fingerprint density at radius 1 is 1.03 bits per heavy atom. The summed E-state index contributed by atoms with van der Waals surface area (Å²) in [6.45, 7) is 1.41. The van der Waals surface area contributed by atoms with Crippen LogP contribution in [0.5, 0.6) is 0 Å². The van der Waals surface area contributed by atoms with E-state index in [1.807, 2.05) is 6.07 Å². The van der Waals surface area contributed by atoms with Crippen molar-refractivity contribution in [1.82, 2.24) is 14.9 Å². The highest BCUT2D eigenvalue weighted by Crippen LogP contribution is 2.20. The van der Waals surface area contributed by atoms with Crippen LogP contribution in [-0.4, -0.2) is 61.0 Å². The number of amides is 1. The van der Waals surface area contributed by atoms with Crippen LogP contribution in [0.25, 0.3) is 10.9 Å². The number of hydrogen-bond acceptors (Lipinski definition) is 7. The average molecular weight is 456 g/mol. The molecule has 0 saturated carbocycles. The first kappa shape index (κ1) is 23.6. The molecule has 8 nitrogen and oxygen atoms in total. The van der Waals surface area contributed by atoms with Crippen LogP contribution in [0.1, 0.15) is 20.7 Å². The summed E-state index contributed by atoms with van der Waals surface area (Å²) in [5, 5.41) is 3.55. The number of carbonyl (C=O) groups excluding carboxylic acids is 2. The maximum absolute atomic E-state index is 13.1. The zero-order valence-corrected chi connectivity index (χ0v) is 18.8. The zero-order valence-electron chi connectivity index (χ0n) is 18.0. The molecule has 1 heterocycles. The van der Waals surface area contributed by atoms with Gasteiger partial charge >= 0.3 is 0 Å². The number of methoxy groups -OCH3 is 2. The average Bonchev–Trinajstić information content (AvgIpc) is 2.82. The summed E-state index contributed by atoms with van der Waals surface area (Å²) in [6.07, 6.45) is 0. The number of Topliss-reactive ketones (excluding diaryl/α,β-unsaturated/α-hetero) is 1. The van der Waals surface area contributed by atoms with Crippen LogP contribution in [-0.2, 0) is 16.0 Å². The lowest BCUT2D eigenvalue weighted by Gasteiger charge is -2.13. The molecular formula is C23H25N3O5S. The van der Waals surface area contributed by atoms with Gasteiger partial charge < -0.3 is 14.8 Å². The molecule has 0 aliphatic carbocycles. The van der Waals surface area contributed by atoms with E-state index in [-0.39, 0.29) is 23.0 Å². The molecule has 1 amide bonds. The lowest BCUT2D eigenvalue weighted by Crippen LogP contribution is -2.28. The Bertz CT molecular complexity index is 1150. The highest BCUT2D eigenvalue weighted by molar-refractivity contribution is 7.99. The highest BCUT2D eigenvalue weighted by Gasteiger charge is 2.16. The number of nitrogens with one attached hydrogen (secondary N) is 1. The van der Waals surface area contributed by atoms with Gasteiger partial charge in [0, 0.05) is 31.9 Å². The van der Waals surface area contributed by atoms with Gasteiger partial charge in [-0.1, -0.05) is 42.1 Å². The van der Waals surface area contributed by atoms with Crippen molar-refractivity contribution < 1.29 is 19.1 Å². The van der Waals surface area contributed by atoms with Gasteiger partial charge in [0.1, 0.15) is 0 Å². The van der Waals surface area contributed by atoms with E-state index in [0.717, 1.165) is 0 Å². The minimum absolute atomic E-state index is 0.0606. The molecular weight excluding hydrogens is 430 g/mol. The van der Waals surface area contributed by atoms with Crippen LogP contribution in [0.4, 0.5) is 0 Å². The van der Waals surface area contributed by atoms with Crippen molar-refractivity contribution in [3.8, 4) is 0 Å². The minimum atomic E-state index is -0.275. The minimum Gasteiger partial charge on any atom is -0.383 e. The third-order valence-corrected chi connectivity index (χ3v) is 5.70. The highest BCUT2D eigenvalue weighted by atomic mass is 32.2. The molecule has 0 aliphatic heterocycles. The van der Waals surface area contributed by atoms with E-state index in [9.17, 15) is 14.4 Å². The molecule has 0 bridgehead atoms. The summed E-state index contributed by atoms with van der Waals surface area (Å²) < 4.78 is 11.6. The summed E-state index contributed by atoms with van der Waals surface area (Å²) in [7, 11) is 3.11. The molecule has 168 valence electrons. The third-order valence-electron chi connectivity index (χ3n) is 4.72. The number of rotatable bonds is 11. The van der Waals surface area contributed by atoms with Gasteiger partial charge in [-0.15, -0.1) is 0 Å².